The van der Waals surface area contributed by atoms with Gasteiger partial charge in [-0.1, -0.05) is 13.8 Å². The second-order valence-corrected chi connectivity index (χ2v) is 5.87. The summed E-state index contributed by atoms with van der Waals surface area (Å²) < 4.78 is 0. The van der Waals surface area contributed by atoms with Gasteiger partial charge in [0.15, 0.2) is 0 Å². The van der Waals surface area contributed by atoms with Gasteiger partial charge in [-0.3, -0.25) is 9.69 Å². The highest BCUT2D eigenvalue weighted by Gasteiger charge is 2.35. The molecule has 1 saturated heterocycles. The second kappa shape index (κ2) is 5.83. The van der Waals surface area contributed by atoms with Crippen molar-refractivity contribution in [3.8, 4) is 0 Å². The zero-order valence-corrected chi connectivity index (χ0v) is 11.5. The Balaban J connectivity index is 2.32. The van der Waals surface area contributed by atoms with Crippen LogP contribution in [0.25, 0.3) is 0 Å². The first kappa shape index (κ1) is 14.5. The van der Waals surface area contributed by atoms with Gasteiger partial charge in [0.25, 0.3) is 0 Å². The first-order valence-electron chi connectivity index (χ1n) is 6.56. The van der Waals surface area contributed by atoms with Crippen LogP contribution in [0.1, 0.15) is 40.5 Å². The van der Waals surface area contributed by atoms with E-state index in [0.717, 1.165) is 25.9 Å². The monoisotopic (exact) mass is 242 g/mol. The normalized spacial score (nSPS) is 27.4. The number of hydrogen-bond acceptors (Lipinski definition) is 3. The highest BCUT2D eigenvalue weighted by Crippen LogP contribution is 2.22. The van der Waals surface area contributed by atoms with E-state index in [-0.39, 0.29) is 11.9 Å². The van der Waals surface area contributed by atoms with E-state index in [1.807, 2.05) is 18.7 Å². The molecule has 0 aliphatic carbocycles. The Morgan fingerprint density at radius 3 is 2.59 bits per heavy atom. The fourth-order valence-corrected chi connectivity index (χ4v) is 2.11. The van der Waals surface area contributed by atoms with Crippen LogP contribution in [0.15, 0.2) is 0 Å². The number of β-amino-alcohol motifs (C(OH)–C–C–N with tert-alkyl or cyclic N) is 1. The second-order valence-electron chi connectivity index (χ2n) is 5.87. The summed E-state index contributed by atoms with van der Waals surface area (Å²) in [5.41, 5.74) is -0.632. The van der Waals surface area contributed by atoms with Gasteiger partial charge in [0.2, 0.25) is 5.91 Å². The predicted molar refractivity (Wildman–Crippen MR) is 68.7 cm³/mol. The first-order chi connectivity index (χ1) is 7.82. The predicted octanol–water partition coefficient (Wildman–Crippen LogP) is 0.994. The van der Waals surface area contributed by atoms with Crippen LogP contribution >= 0.6 is 0 Å². The Bertz CT molecular complexity index is 264. The number of nitrogens with zero attached hydrogens (tertiary/aromatic N) is 1. The van der Waals surface area contributed by atoms with Gasteiger partial charge in [-0.15, -0.1) is 0 Å². The third kappa shape index (κ3) is 4.64. The standard InChI is InChI=1S/C13H26N2O2/c1-10(2)5-7-14-12(16)11(3)15-8-6-13(4,17)9-15/h10-11,17H,5-9H2,1-4H3,(H,14,16). The van der Waals surface area contributed by atoms with E-state index in [9.17, 15) is 9.90 Å². The molecule has 0 aromatic carbocycles. The summed E-state index contributed by atoms with van der Waals surface area (Å²) in [5.74, 6) is 0.682. The summed E-state index contributed by atoms with van der Waals surface area (Å²) in [6.07, 6.45) is 1.76. The topological polar surface area (TPSA) is 52.6 Å². The molecule has 1 aliphatic heterocycles. The molecule has 0 saturated carbocycles. The van der Waals surface area contributed by atoms with Gasteiger partial charge in [-0.25, -0.2) is 0 Å². The van der Waals surface area contributed by atoms with Crippen LogP contribution in [0.2, 0.25) is 0 Å². The smallest absolute Gasteiger partial charge is 0.237 e. The van der Waals surface area contributed by atoms with Crippen LogP contribution in [-0.4, -0.2) is 47.2 Å². The van der Waals surface area contributed by atoms with Crippen LogP contribution in [0.3, 0.4) is 0 Å². The van der Waals surface area contributed by atoms with Crippen molar-refractivity contribution in [2.24, 2.45) is 5.92 Å². The molecule has 1 aliphatic rings. The quantitative estimate of drug-likeness (QED) is 0.756. The lowest BCUT2D eigenvalue weighted by atomic mass is 10.1. The Morgan fingerprint density at radius 1 is 1.47 bits per heavy atom. The van der Waals surface area contributed by atoms with E-state index >= 15 is 0 Å². The van der Waals surface area contributed by atoms with Crippen LogP contribution in [-0.2, 0) is 4.79 Å². The Morgan fingerprint density at radius 2 is 2.12 bits per heavy atom. The summed E-state index contributed by atoms with van der Waals surface area (Å²) in [4.78, 5) is 13.9. The molecule has 2 N–H and O–H groups in total. The van der Waals surface area contributed by atoms with E-state index in [1.165, 1.54) is 0 Å². The van der Waals surface area contributed by atoms with Gasteiger partial charge in [-0.05, 0) is 32.6 Å². The van der Waals surface area contributed by atoms with Crippen molar-refractivity contribution < 1.29 is 9.90 Å². The lowest BCUT2D eigenvalue weighted by Crippen LogP contribution is -2.45. The minimum absolute atomic E-state index is 0.0725. The van der Waals surface area contributed by atoms with Crippen molar-refractivity contribution in [2.45, 2.75) is 52.2 Å². The van der Waals surface area contributed by atoms with Crippen LogP contribution in [0, 0.1) is 5.92 Å². The maximum Gasteiger partial charge on any atom is 0.237 e. The Labute approximate surface area is 104 Å². The van der Waals surface area contributed by atoms with Crippen LogP contribution < -0.4 is 5.32 Å². The Kier molecular flexibility index (Phi) is 4.95. The number of carbonyl (C=O) groups is 1. The van der Waals surface area contributed by atoms with Gasteiger partial charge >= 0.3 is 0 Å². The number of rotatable bonds is 5. The molecular formula is C13H26N2O2. The maximum atomic E-state index is 11.9. The minimum atomic E-state index is -0.632. The molecule has 1 rings (SSSR count). The number of carbonyl (C=O) groups excluding carboxylic acids is 1. The van der Waals surface area contributed by atoms with Gasteiger partial charge in [-0.2, -0.15) is 0 Å². The molecule has 2 unspecified atom stereocenters. The fourth-order valence-electron chi connectivity index (χ4n) is 2.11. The highest BCUT2D eigenvalue weighted by molar-refractivity contribution is 5.81. The van der Waals surface area contributed by atoms with Crippen molar-refractivity contribution in [3.63, 3.8) is 0 Å². The van der Waals surface area contributed by atoms with E-state index in [2.05, 4.69) is 19.2 Å². The van der Waals surface area contributed by atoms with E-state index in [1.54, 1.807) is 0 Å². The molecule has 4 heteroatoms. The van der Waals surface area contributed by atoms with E-state index in [0.29, 0.717) is 12.5 Å². The molecule has 17 heavy (non-hydrogen) atoms. The molecule has 0 radical (unpaired) electrons. The third-order valence-electron chi connectivity index (χ3n) is 3.43. The van der Waals surface area contributed by atoms with Gasteiger partial charge < -0.3 is 10.4 Å². The molecule has 1 amide bonds. The first-order valence-corrected chi connectivity index (χ1v) is 6.56. The van der Waals surface area contributed by atoms with Crippen molar-refractivity contribution in [1.82, 2.24) is 10.2 Å². The number of aliphatic hydroxyl groups is 1. The molecule has 100 valence electrons. The summed E-state index contributed by atoms with van der Waals surface area (Å²) in [6.45, 7) is 10.2. The summed E-state index contributed by atoms with van der Waals surface area (Å²) in [7, 11) is 0. The van der Waals surface area contributed by atoms with Crippen molar-refractivity contribution in [2.75, 3.05) is 19.6 Å². The molecule has 0 bridgehead atoms. The zero-order valence-electron chi connectivity index (χ0n) is 11.5. The third-order valence-corrected chi connectivity index (χ3v) is 3.43. The van der Waals surface area contributed by atoms with E-state index < -0.39 is 5.60 Å². The summed E-state index contributed by atoms with van der Waals surface area (Å²) in [5, 5.41) is 12.8. The van der Waals surface area contributed by atoms with Crippen LogP contribution in [0.4, 0.5) is 0 Å². The number of hydrogen-bond donors (Lipinski definition) is 2. The maximum absolute atomic E-state index is 11.9. The van der Waals surface area contributed by atoms with E-state index in [4.69, 9.17) is 0 Å². The average Bonchev–Trinajstić information content (AvgIpc) is 2.57. The van der Waals surface area contributed by atoms with Crippen molar-refractivity contribution in [1.29, 1.82) is 0 Å². The fraction of sp³-hybridized carbons (Fsp3) is 0.923. The number of nitrogens with one attached hydrogen (secondary N) is 1. The zero-order chi connectivity index (χ0) is 13.1. The van der Waals surface area contributed by atoms with Crippen LogP contribution in [0.5, 0.6) is 0 Å². The minimum Gasteiger partial charge on any atom is -0.389 e. The van der Waals surface area contributed by atoms with Gasteiger partial charge in [0, 0.05) is 19.6 Å². The average molecular weight is 242 g/mol. The molecule has 0 aromatic heterocycles. The van der Waals surface area contributed by atoms with Gasteiger partial charge in [0.1, 0.15) is 0 Å². The molecule has 0 aromatic rings. The molecule has 0 spiro atoms. The Hall–Kier alpha value is -0.610. The van der Waals surface area contributed by atoms with Crippen molar-refractivity contribution in [3.05, 3.63) is 0 Å². The SMILES string of the molecule is CC(C)CCNC(=O)C(C)N1CCC(C)(O)C1. The molecule has 2 atom stereocenters. The highest BCUT2D eigenvalue weighted by atomic mass is 16.3. The largest absolute Gasteiger partial charge is 0.389 e. The van der Waals surface area contributed by atoms with Crippen molar-refractivity contribution >= 4 is 5.91 Å². The molecule has 1 fully saturated rings. The lowest BCUT2D eigenvalue weighted by Gasteiger charge is -2.24. The summed E-state index contributed by atoms with van der Waals surface area (Å²) >= 11 is 0. The van der Waals surface area contributed by atoms with Gasteiger partial charge in [0.05, 0.1) is 11.6 Å². The lowest BCUT2D eigenvalue weighted by molar-refractivity contribution is -0.125. The number of likely N-dealkylation sites (tertiary alicyclic amines) is 1. The molecule has 1 heterocycles. The molecule has 4 nitrogen and oxygen atoms in total. The summed E-state index contributed by atoms with van der Waals surface area (Å²) in [6, 6.07) is -0.142. The number of amides is 1. The molecular weight excluding hydrogens is 216 g/mol.